The largest absolute Gasteiger partial charge is 0.296 e. The van der Waals surface area contributed by atoms with E-state index in [9.17, 15) is 31.5 Å². The van der Waals surface area contributed by atoms with Gasteiger partial charge in [-0.3, -0.25) is 14.0 Å². The summed E-state index contributed by atoms with van der Waals surface area (Å²) in [7, 11) is 0. The van der Waals surface area contributed by atoms with E-state index in [0.29, 0.717) is 0 Å². The quantitative estimate of drug-likeness (QED) is 0.499. The van der Waals surface area contributed by atoms with E-state index in [2.05, 4.69) is 0 Å². The summed E-state index contributed by atoms with van der Waals surface area (Å²) in [4.78, 5) is 20.9. The molecule has 14 heavy (non-hydrogen) atoms. The zero-order valence-electron chi connectivity index (χ0n) is 6.85. The summed E-state index contributed by atoms with van der Waals surface area (Å²) in [5.41, 5.74) is 0. The first-order valence-corrected chi connectivity index (χ1v) is 3.60. The van der Waals surface area contributed by atoms with Crippen molar-refractivity contribution < 1.29 is 31.5 Å². The minimum atomic E-state index is -3.68. The van der Waals surface area contributed by atoms with Crippen LogP contribution in [0.3, 0.4) is 0 Å². The smallest absolute Gasteiger partial charge is 0.276 e. The van der Waals surface area contributed by atoms with Gasteiger partial charge in [-0.2, -0.15) is 0 Å². The van der Waals surface area contributed by atoms with Crippen LogP contribution in [-0.4, -0.2) is 37.0 Å². The van der Waals surface area contributed by atoms with Gasteiger partial charge in [-0.15, -0.1) is 0 Å². The Hall–Kier alpha value is -1.01. The molecule has 82 valence electrons. The number of carbonyl (C=O) groups is 2. The van der Waals surface area contributed by atoms with Gasteiger partial charge in [-0.25, -0.2) is 17.6 Å². The number of halogens is 5. The number of hydrogen-bond acceptors (Lipinski definition) is 2. The molecule has 0 spiro atoms. The van der Waals surface area contributed by atoms with Crippen molar-refractivity contribution in [3.8, 4) is 0 Å². The molecule has 7 heteroatoms. The highest BCUT2D eigenvalue weighted by Gasteiger charge is 2.37. The van der Waals surface area contributed by atoms with E-state index in [4.69, 9.17) is 0 Å². The van der Waals surface area contributed by atoms with Crippen molar-refractivity contribution in [2.45, 2.75) is 25.2 Å². The molecule has 0 aromatic carbocycles. The minimum Gasteiger partial charge on any atom is -0.296 e. The summed E-state index contributed by atoms with van der Waals surface area (Å²) in [5, 5.41) is 0. The predicted octanol–water partition coefficient (Wildman–Crippen LogP) is 1.43. The fourth-order valence-electron chi connectivity index (χ4n) is 0.642. The van der Waals surface area contributed by atoms with E-state index >= 15 is 0 Å². The molecule has 0 fully saturated rings. The number of hydrogen-bond donors (Lipinski definition) is 0. The van der Waals surface area contributed by atoms with Crippen LogP contribution in [0.15, 0.2) is 0 Å². The van der Waals surface area contributed by atoms with Crippen molar-refractivity contribution in [2.75, 3.05) is 6.67 Å². The van der Waals surface area contributed by atoms with Gasteiger partial charge in [0.15, 0.2) is 5.78 Å². The Labute approximate surface area is 76.1 Å². The second-order valence-corrected chi connectivity index (χ2v) is 2.41. The van der Waals surface area contributed by atoms with Gasteiger partial charge in [0.05, 0.1) is 6.67 Å². The average molecular weight is 218 g/mol. The molecule has 0 aromatic heterocycles. The van der Waals surface area contributed by atoms with Crippen LogP contribution in [0.5, 0.6) is 0 Å². The maximum atomic E-state index is 12.5. The summed E-state index contributed by atoms with van der Waals surface area (Å²) in [6.07, 6.45) is -11.0. The molecule has 2 nitrogen and oxygen atoms in total. The molecule has 2 unspecified atom stereocenters. The van der Waals surface area contributed by atoms with Crippen molar-refractivity contribution in [2.24, 2.45) is 0 Å². The lowest BCUT2D eigenvalue weighted by Crippen LogP contribution is -2.36. The third kappa shape index (κ3) is 3.39. The van der Waals surface area contributed by atoms with Crippen LogP contribution >= 0.6 is 0 Å². The van der Waals surface area contributed by atoms with Crippen LogP contribution in [0, 0.1) is 0 Å². The van der Waals surface area contributed by atoms with Crippen LogP contribution in [-0.2, 0) is 9.59 Å². The van der Waals surface area contributed by atoms with Crippen molar-refractivity contribution >= 4 is 11.6 Å². The van der Waals surface area contributed by atoms with E-state index in [1.807, 2.05) is 0 Å². The molecule has 0 amide bonds. The number of Topliss-reactive ketones (excluding diaryl/α,β-unsaturated/α-hetero) is 2. The molecule has 0 rings (SSSR count). The topological polar surface area (TPSA) is 34.1 Å². The Bertz CT molecular complexity index is 218. The molecular weight excluding hydrogens is 211 g/mol. The number of rotatable bonds is 6. The Balaban J connectivity index is 4.31. The molecular formula is C7H7F5O2. The second-order valence-electron chi connectivity index (χ2n) is 2.41. The normalized spacial score (nSPS) is 15.3. The van der Waals surface area contributed by atoms with Crippen LogP contribution in [0.25, 0.3) is 0 Å². The van der Waals surface area contributed by atoms with E-state index in [0.717, 1.165) is 0 Å². The fourth-order valence-corrected chi connectivity index (χ4v) is 0.642. The summed E-state index contributed by atoms with van der Waals surface area (Å²) in [6, 6.07) is 0. The Morgan fingerprint density at radius 3 is 1.93 bits per heavy atom. The molecule has 0 aliphatic rings. The zero-order valence-corrected chi connectivity index (χ0v) is 6.85. The molecule has 0 N–H and O–H groups in total. The monoisotopic (exact) mass is 218 g/mol. The van der Waals surface area contributed by atoms with Gasteiger partial charge >= 0.3 is 0 Å². The first kappa shape index (κ1) is 13.0. The van der Waals surface area contributed by atoms with Crippen molar-refractivity contribution in [1.29, 1.82) is 0 Å². The lowest BCUT2D eigenvalue weighted by molar-refractivity contribution is -0.140. The lowest BCUT2D eigenvalue weighted by atomic mass is 10.1. The zero-order chi connectivity index (χ0) is 11.3. The predicted molar refractivity (Wildman–Crippen MR) is 36.4 cm³/mol. The molecule has 0 aromatic rings. The minimum absolute atomic E-state index is 0.928. The molecule has 0 bridgehead atoms. The summed E-state index contributed by atoms with van der Waals surface area (Å²) in [5.74, 6) is -3.68. The lowest BCUT2D eigenvalue weighted by Gasteiger charge is -2.08. The van der Waals surface area contributed by atoms with Crippen LogP contribution in [0.4, 0.5) is 22.0 Å². The Morgan fingerprint density at radius 1 is 1.07 bits per heavy atom. The van der Waals surface area contributed by atoms with Crippen molar-refractivity contribution in [1.82, 2.24) is 0 Å². The standard InChI is InChI=1S/C7H7F5O2/c8-2-1-3(13)4(9)6(14)5(10)7(11)12/h4-5,7H,1-2H2. The number of alkyl halides is 5. The van der Waals surface area contributed by atoms with E-state index in [1.54, 1.807) is 0 Å². The van der Waals surface area contributed by atoms with Crippen molar-refractivity contribution in [3.63, 3.8) is 0 Å². The van der Waals surface area contributed by atoms with Gasteiger partial charge in [-0.05, 0) is 0 Å². The Kier molecular flexibility index (Phi) is 5.26. The van der Waals surface area contributed by atoms with E-state index in [1.165, 1.54) is 0 Å². The average Bonchev–Trinajstić information content (AvgIpc) is 2.14. The first-order chi connectivity index (χ1) is 6.41. The van der Waals surface area contributed by atoms with Crippen LogP contribution < -0.4 is 0 Å². The number of ketones is 2. The highest BCUT2D eigenvalue weighted by molar-refractivity contribution is 6.07. The molecule has 0 aliphatic heterocycles. The third-order valence-corrected chi connectivity index (χ3v) is 1.37. The maximum Gasteiger partial charge on any atom is 0.276 e. The van der Waals surface area contributed by atoms with E-state index < -0.39 is 43.4 Å². The van der Waals surface area contributed by atoms with Gasteiger partial charge in [0, 0.05) is 6.42 Å². The molecule has 0 aliphatic carbocycles. The van der Waals surface area contributed by atoms with Gasteiger partial charge in [0.2, 0.25) is 18.1 Å². The summed E-state index contributed by atoms with van der Waals surface area (Å²) >= 11 is 0. The molecule has 0 saturated heterocycles. The molecule has 0 saturated carbocycles. The third-order valence-electron chi connectivity index (χ3n) is 1.37. The van der Waals surface area contributed by atoms with E-state index in [-0.39, 0.29) is 0 Å². The van der Waals surface area contributed by atoms with Gasteiger partial charge in [-0.1, -0.05) is 0 Å². The van der Waals surface area contributed by atoms with Gasteiger partial charge in [0.1, 0.15) is 0 Å². The maximum absolute atomic E-state index is 12.5. The van der Waals surface area contributed by atoms with Crippen LogP contribution in [0.1, 0.15) is 6.42 Å². The van der Waals surface area contributed by atoms with Crippen LogP contribution in [0.2, 0.25) is 0 Å². The highest BCUT2D eigenvalue weighted by Crippen LogP contribution is 2.12. The summed E-state index contributed by atoms with van der Waals surface area (Å²) in [6.45, 7) is -1.22. The molecule has 0 heterocycles. The second kappa shape index (κ2) is 5.66. The SMILES string of the molecule is O=C(CCF)C(F)C(=O)C(F)C(F)F. The molecule has 2 atom stereocenters. The van der Waals surface area contributed by atoms with Gasteiger partial charge < -0.3 is 0 Å². The first-order valence-electron chi connectivity index (χ1n) is 3.60. The fraction of sp³-hybridized carbons (Fsp3) is 0.714. The number of carbonyl (C=O) groups excluding carboxylic acids is 2. The highest BCUT2D eigenvalue weighted by atomic mass is 19.3. The Morgan fingerprint density at radius 2 is 1.57 bits per heavy atom. The summed E-state index contributed by atoms with van der Waals surface area (Å²) < 4.78 is 59.3. The molecule has 0 radical (unpaired) electrons. The van der Waals surface area contributed by atoms with Crippen molar-refractivity contribution in [3.05, 3.63) is 0 Å². The van der Waals surface area contributed by atoms with Gasteiger partial charge in [0.25, 0.3) is 6.43 Å².